The summed E-state index contributed by atoms with van der Waals surface area (Å²) in [5.74, 6) is -0.472. The summed E-state index contributed by atoms with van der Waals surface area (Å²) in [5, 5.41) is 12.1. The molecule has 0 aromatic heterocycles. The minimum atomic E-state index is -0.657. The van der Waals surface area contributed by atoms with Crippen molar-refractivity contribution in [1.82, 2.24) is 0 Å². The van der Waals surface area contributed by atoms with E-state index in [1.807, 2.05) is 0 Å². The average Bonchev–Trinajstić information content (AvgIpc) is 3.08. The first-order valence-corrected chi connectivity index (χ1v) is 6.26. The smallest absolute Gasteiger partial charge is 0.306 e. The van der Waals surface area contributed by atoms with E-state index < -0.39 is 5.97 Å². The molecule has 0 aliphatic heterocycles. The van der Waals surface area contributed by atoms with Crippen molar-refractivity contribution in [2.24, 2.45) is 11.8 Å². The lowest BCUT2D eigenvalue weighted by Gasteiger charge is -2.06. The number of carboxylic acids is 1. The second-order valence-corrected chi connectivity index (χ2v) is 4.77. The topological polar surface area (TPSA) is 49.3 Å². The Morgan fingerprint density at radius 3 is 2.65 bits per heavy atom. The third-order valence-electron chi connectivity index (χ3n) is 3.30. The van der Waals surface area contributed by atoms with Gasteiger partial charge in [-0.1, -0.05) is 25.5 Å². The molecule has 0 saturated heterocycles. The highest BCUT2D eigenvalue weighted by molar-refractivity contribution is 5.73. The van der Waals surface area contributed by atoms with Crippen LogP contribution in [0, 0.1) is 11.8 Å². The summed E-state index contributed by atoms with van der Waals surface area (Å²) in [7, 11) is 0. The Kier molecular flexibility index (Phi) is 3.67. The van der Waals surface area contributed by atoms with E-state index in [-0.39, 0.29) is 5.92 Å². The number of nitrogens with one attached hydrogen (secondary N) is 1. The molecule has 1 aromatic rings. The van der Waals surface area contributed by atoms with Crippen LogP contribution in [0.5, 0.6) is 0 Å². The Labute approximate surface area is 102 Å². The van der Waals surface area contributed by atoms with Gasteiger partial charge in [-0.3, -0.25) is 4.79 Å². The van der Waals surface area contributed by atoms with Crippen LogP contribution in [0.2, 0.25) is 0 Å². The molecule has 1 aliphatic carbocycles. The molecule has 1 fully saturated rings. The maximum atomic E-state index is 10.7. The van der Waals surface area contributed by atoms with Crippen LogP contribution in [0.25, 0.3) is 0 Å². The second kappa shape index (κ2) is 5.21. The van der Waals surface area contributed by atoms with Gasteiger partial charge in [0, 0.05) is 12.2 Å². The van der Waals surface area contributed by atoms with Gasteiger partial charge in [-0.2, -0.15) is 0 Å². The molecule has 3 heteroatoms. The average molecular weight is 233 g/mol. The Hall–Kier alpha value is -1.51. The van der Waals surface area contributed by atoms with Crippen molar-refractivity contribution < 1.29 is 9.90 Å². The molecular formula is C14H19NO2. The first-order valence-electron chi connectivity index (χ1n) is 6.26. The van der Waals surface area contributed by atoms with Crippen molar-refractivity contribution >= 4 is 11.7 Å². The number of anilines is 1. The minimum absolute atomic E-state index is 0.123. The van der Waals surface area contributed by atoms with Crippen LogP contribution in [-0.2, 0) is 11.2 Å². The van der Waals surface area contributed by atoms with Gasteiger partial charge in [0.05, 0.1) is 5.92 Å². The van der Waals surface area contributed by atoms with E-state index in [2.05, 4.69) is 36.5 Å². The first-order chi connectivity index (χ1) is 8.20. The van der Waals surface area contributed by atoms with Crippen molar-refractivity contribution in [2.75, 3.05) is 11.9 Å². The summed E-state index contributed by atoms with van der Waals surface area (Å²) in [4.78, 5) is 10.7. The van der Waals surface area contributed by atoms with Crippen LogP contribution in [0.4, 0.5) is 5.69 Å². The molecule has 3 nitrogen and oxygen atoms in total. The van der Waals surface area contributed by atoms with Crippen molar-refractivity contribution in [3.63, 3.8) is 0 Å². The molecule has 1 aromatic carbocycles. The molecule has 0 bridgehead atoms. The van der Waals surface area contributed by atoms with Crippen LogP contribution in [0.1, 0.15) is 25.3 Å². The van der Waals surface area contributed by atoms with Crippen molar-refractivity contribution in [3.8, 4) is 0 Å². The number of hydrogen-bond donors (Lipinski definition) is 2. The number of carbonyl (C=O) groups is 1. The highest BCUT2D eigenvalue weighted by Gasteiger charge is 2.42. The van der Waals surface area contributed by atoms with Crippen LogP contribution in [-0.4, -0.2) is 17.6 Å². The van der Waals surface area contributed by atoms with Crippen LogP contribution >= 0.6 is 0 Å². The minimum Gasteiger partial charge on any atom is -0.481 e. The molecule has 2 rings (SSSR count). The van der Waals surface area contributed by atoms with E-state index >= 15 is 0 Å². The van der Waals surface area contributed by atoms with Crippen molar-refractivity contribution in [2.45, 2.75) is 26.2 Å². The number of benzene rings is 1. The van der Waals surface area contributed by atoms with Gasteiger partial charge in [0.15, 0.2) is 0 Å². The molecule has 92 valence electrons. The fraction of sp³-hybridized carbons (Fsp3) is 0.500. The van der Waals surface area contributed by atoms with Gasteiger partial charge >= 0.3 is 5.97 Å². The monoisotopic (exact) mass is 233 g/mol. The Bertz CT molecular complexity index is 386. The number of aliphatic carboxylic acids is 1. The van der Waals surface area contributed by atoms with Crippen LogP contribution in [0.15, 0.2) is 24.3 Å². The second-order valence-electron chi connectivity index (χ2n) is 4.77. The van der Waals surface area contributed by atoms with Gasteiger partial charge < -0.3 is 10.4 Å². The third-order valence-corrected chi connectivity index (χ3v) is 3.30. The summed E-state index contributed by atoms with van der Waals surface area (Å²) < 4.78 is 0. The molecule has 0 amide bonds. The summed E-state index contributed by atoms with van der Waals surface area (Å²) in [6, 6.07) is 8.41. The van der Waals surface area contributed by atoms with E-state index in [0.717, 1.165) is 31.5 Å². The fourth-order valence-electron chi connectivity index (χ4n) is 2.10. The van der Waals surface area contributed by atoms with Gasteiger partial charge in [0.25, 0.3) is 0 Å². The van der Waals surface area contributed by atoms with Gasteiger partial charge in [-0.05, 0) is 36.5 Å². The van der Waals surface area contributed by atoms with Gasteiger partial charge in [0.2, 0.25) is 0 Å². The maximum absolute atomic E-state index is 10.7. The lowest BCUT2D eigenvalue weighted by Crippen LogP contribution is -2.08. The molecule has 0 spiro atoms. The van der Waals surface area contributed by atoms with Crippen molar-refractivity contribution in [3.05, 3.63) is 29.8 Å². The number of hydrogen-bond acceptors (Lipinski definition) is 2. The highest BCUT2D eigenvalue weighted by atomic mass is 16.4. The summed E-state index contributed by atoms with van der Waals surface area (Å²) >= 11 is 0. The standard InChI is InChI=1S/C14H19NO2/c1-2-3-10-4-6-12(7-5-10)15-9-11-8-13(11)14(16)17/h4-7,11,13,15H,2-3,8-9H2,1H3,(H,16,17). The highest BCUT2D eigenvalue weighted by Crippen LogP contribution is 2.38. The lowest BCUT2D eigenvalue weighted by atomic mass is 10.1. The van der Waals surface area contributed by atoms with Crippen LogP contribution < -0.4 is 5.32 Å². The first kappa shape index (κ1) is 12.0. The van der Waals surface area contributed by atoms with Gasteiger partial charge in [-0.15, -0.1) is 0 Å². The largest absolute Gasteiger partial charge is 0.481 e. The van der Waals surface area contributed by atoms with Gasteiger partial charge in [-0.25, -0.2) is 0 Å². The molecule has 2 unspecified atom stereocenters. The number of aryl methyl sites for hydroxylation is 1. The van der Waals surface area contributed by atoms with Crippen molar-refractivity contribution in [1.29, 1.82) is 0 Å². The SMILES string of the molecule is CCCc1ccc(NCC2CC2C(=O)O)cc1. The predicted molar refractivity (Wildman–Crippen MR) is 68.2 cm³/mol. The fourth-order valence-corrected chi connectivity index (χ4v) is 2.10. The van der Waals surface area contributed by atoms with E-state index in [0.29, 0.717) is 5.92 Å². The Morgan fingerprint density at radius 1 is 1.41 bits per heavy atom. The third kappa shape index (κ3) is 3.22. The van der Waals surface area contributed by atoms with Gasteiger partial charge in [0.1, 0.15) is 0 Å². The molecule has 17 heavy (non-hydrogen) atoms. The molecule has 1 aliphatic rings. The Morgan fingerprint density at radius 2 is 2.12 bits per heavy atom. The summed E-state index contributed by atoms with van der Waals surface area (Å²) in [6.45, 7) is 2.94. The number of rotatable bonds is 6. The number of carboxylic acid groups (broad SMARTS) is 1. The van der Waals surface area contributed by atoms with E-state index in [9.17, 15) is 4.79 Å². The zero-order valence-electron chi connectivity index (χ0n) is 10.1. The van der Waals surface area contributed by atoms with E-state index in [4.69, 9.17) is 5.11 Å². The van der Waals surface area contributed by atoms with E-state index in [1.165, 1.54) is 5.56 Å². The molecule has 0 radical (unpaired) electrons. The molecule has 1 saturated carbocycles. The zero-order valence-corrected chi connectivity index (χ0v) is 10.1. The summed E-state index contributed by atoms with van der Waals surface area (Å²) in [6.07, 6.45) is 3.09. The molecule has 2 atom stereocenters. The zero-order chi connectivity index (χ0) is 12.3. The Balaban J connectivity index is 1.78. The quantitative estimate of drug-likeness (QED) is 0.794. The lowest BCUT2D eigenvalue weighted by molar-refractivity contribution is -0.138. The summed E-state index contributed by atoms with van der Waals surface area (Å²) in [5.41, 5.74) is 2.44. The normalized spacial score (nSPS) is 22.2. The predicted octanol–water partition coefficient (Wildman–Crippen LogP) is 2.77. The van der Waals surface area contributed by atoms with E-state index in [1.54, 1.807) is 0 Å². The molecule has 0 heterocycles. The molecular weight excluding hydrogens is 214 g/mol. The van der Waals surface area contributed by atoms with Crippen LogP contribution in [0.3, 0.4) is 0 Å². The molecule has 2 N–H and O–H groups in total. The maximum Gasteiger partial charge on any atom is 0.306 e.